The van der Waals surface area contributed by atoms with Gasteiger partial charge < -0.3 is 5.11 Å². The average molecular weight is 307 g/mol. The highest BCUT2D eigenvalue weighted by Gasteiger charge is 2.06. The second-order valence-electron chi connectivity index (χ2n) is 3.68. The molecule has 4 heteroatoms. The number of hydrogen-bond donors (Lipinski definition) is 1. The van der Waals surface area contributed by atoms with Crippen molar-refractivity contribution in [1.29, 1.82) is 0 Å². The predicted octanol–water partition coefficient (Wildman–Crippen LogP) is 3.31. The topological polar surface area (TPSA) is 23.5 Å². The van der Waals surface area contributed by atoms with Crippen LogP contribution in [0.2, 0.25) is 5.02 Å². The summed E-state index contributed by atoms with van der Waals surface area (Å²) in [7, 11) is 0. The van der Waals surface area contributed by atoms with Gasteiger partial charge in [-0.05, 0) is 30.7 Å². The van der Waals surface area contributed by atoms with Crippen molar-refractivity contribution in [3.05, 3.63) is 33.3 Å². The Labute approximate surface area is 110 Å². The first-order valence-electron chi connectivity index (χ1n) is 5.44. The zero-order valence-electron chi connectivity index (χ0n) is 9.42. The van der Waals surface area contributed by atoms with Crippen LogP contribution in [0.5, 0.6) is 0 Å². The molecule has 0 fully saturated rings. The standard InChI is InChI=1S/C12H17BrClNO/c1-2-15(6-3-7-16)9-10-4-5-11(13)8-12(10)14/h4-5,8,16H,2-3,6-7,9H2,1H3. The van der Waals surface area contributed by atoms with Gasteiger partial charge in [0.1, 0.15) is 0 Å². The van der Waals surface area contributed by atoms with Crippen LogP contribution in [-0.4, -0.2) is 29.7 Å². The first kappa shape index (κ1) is 14.0. The highest BCUT2D eigenvalue weighted by Crippen LogP contribution is 2.22. The molecular weight excluding hydrogens is 289 g/mol. The number of benzene rings is 1. The molecule has 1 aromatic rings. The maximum absolute atomic E-state index is 8.81. The van der Waals surface area contributed by atoms with E-state index in [-0.39, 0.29) is 6.61 Å². The van der Waals surface area contributed by atoms with Gasteiger partial charge in [0.25, 0.3) is 0 Å². The Balaban J connectivity index is 2.62. The molecule has 1 aromatic carbocycles. The molecule has 1 N–H and O–H groups in total. The maximum Gasteiger partial charge on any atom is 0.0462 e. The molecule has 0 radical (unpaired) electrons. The molecule has 1 rings (SSSR count). The first-order chi connectivity index (χ1) is 7.67. The molecule has 0 aromatic heterocycles. The Kier molecular flexibility index (Phi) is 6.36. The minimum absolute atomic E-state index is 0.241. The fourth-order valence-electron chi connectivity index (χ4n) is 1.53. The van der Waals surface area contributed by atoms with Gasteiger partial charge in [0, 0.05) is 29.2 Å². The average Bonchev–Trinajstić information content (AvgIpc) is 2.27. The molecule has 90 valence electrons. The zero-order valence-corrected chi connectivity index (χ0v) is 11.8. The van der Waals surface area contributed by atoms with E-state index in [0.717, 1.165) is 41.1 Å². The molecule has 0 atom stereocenters. The predicted molar refractivity (Wildman–Crippen MR) is 71.8 cm³/mol. The van der Waals surface area contributed by atoms with Crippen molar-refractivity contribution >= 4 is 27.5 Å². The molecular formula is C12H17BrClNO. The number of hydrogen-bond acceptors (Lipinski definition) is 2. The van der Waals surface area contributed by atoms with Crippen molar-refractivity contribution in [2.75, 3.05) is 19.7 Å². The van der Waals surface area contributed by atoms with E-state index < -0.39 is 0 Å². The van der Waals surface area contributed by atoms with Gasteiger partial charge in [0.2, 0.25) is 0 Å². The SMILES string of the molecule is CCN(CCCO)Cc1ccc(Br)cc1Cl. The normalized spacial score (nSPS) is 11.1. The maximum atomic E-state index is 8.81. The van der Waals surface area contributed by atoms with Gasteiger partial charge in [-0.1, -0.05) is 40.5 Å². The van der Waals surface area contributed by atoms with Crippen LogP contribution >= 0.6 is 27.5 Å². The number of aliphatic hydroxyl groups is 1. The molecule has 16 heavy (non-hydrogen) atoms. The number of rotatable bonds is 6. The summed E-state index contributed by atoms with van der Waals surface area (Å²) >= 11 is 9.55. The van der Waals surface area contributed by atoms with E-state index in [1.165, 1.54) is 0 Å². The van der Waals surface area contributed by atoms with Crippen LogP contribution in [0.15, 0.2) is 22.7 Å². The van der Waals surface area contributed by atoms with E-state index in [0.29, 0.717) is 0 Å². The molecule has 0 unspecified atom stereocenters. The Bertz CT molecular complexity index is 333. The smallest absolute Gasteiger partial charge is 0.0462 e. The van der Waals surface area contributed by atoms with E-state index in [9.17, 15) is 0 Å². The number of aliphatic hydroxyl groups excluding tert-OH is 1. The summed E-state index contributed by atoms with van der Waals surface area (Å²) in [6.45, 7) is 5.06. The first-order valence-corrected chi connectivity index (χ1v) is 6.61. The van der Waals surface area contributed by atoms with Crippen LogP contribution in [0.3, 0.4) is 0 Å². The van der Waals surface area contributed by atoms with Crippen molar-refractivity contribution in [2.24, 2.45) is 0 Å². The molecule has 0 spiro atoms. The molecule has 0 saturated carbocycles. The van der Waals surface area contributed by atoms with Crippen molar-refractivity contribution in [3.8, 4) is 0 Å². The van der Waals surface area contributed by atoms with Gasteiger partial charge in [-0.3, -0.25) is 4.90 Å². The third-order valence-corrected chi connectivity index (χ3v) is 3.33. The molecule has 0 aliphatic carbocycles. The van der Waals surface area contributed by atoms with Crippen molar-refractivity contribution in [1.82, 2.24) is 4.90 Å². The summed E-state index contributed by atoms with van der Waals surface area (Å²) in [5, 5.41) is 9.60. The highest BCUT2D eigenvalue weighted by molar-refractivity contribution is 9.10. The lowest BCUT2D eigenvalue weighted by Crippen LogP contribution is -2.24. The molecule has 0 aliphatic rings. The summed E-state index contributed by atoms with van der Waals surface area (Å²) < 4.78 is 1.000. The van der Waals surface area contributed by atoms with Crippen LogP contribution in [0.25, 0.3) is 0 Å². The van der Waals surface area contributed by atoms with Crippen LogP contribution in [0.1, 0.15) is 18.9 Å². The fraction of sp³-hybridized carbons (Fsp3) is 0.500. The van der Waals surface area contributed by atoms with Crippen molar-refractivity contribution < 1.29 is 5.11 Å². The third-order valence-electron chi connectivity index (χ3n) is 2.49. The third kappa shape index (κ3) is 4.42. The Morgan fingerprint density at radius 2 is 2.19 bits per heavy atom. The lowest BCUT2D eigenvalue weighted by Gasteiger charge is -2.20. The summed E-state index contributed by atoms with van der Waals surface area (Å²) in [5.41, 5.74) is 1.13. The molecule has 0 aliphatic heterocycles. The Hall–Kier alpha value is -0.0900. The summed E-state index contributed by atoms with van der Waals surface area (Å²) in [6.07, 6.45) is 0.808. The summed E-state index contributed by atoms with van der Waals surface area (Å²) in [4.78, 5) is 2.27. The molecule has 0 heterocycles. The van der Waals surface area contributed by atoms with Crippen LogP contribution in [0.4, 0.5) is 0 Å². The molecule has 0 amide bonds. The van der Waals surface area contributed by atoms with E-state index in [2.05, 4.69) is 27.8 Å². The van der Waals surface area contributed by atoms with Gasteiger partial charge in [-0.2, -0.15) is 0 Å². The molecule has 0 bridgehead atoms. The monoisotopic (exact) mass is 305 g/mol. The number of halogens is 2. The summed E-state index contributed by atoms with van der Waals surface area (Å²) in [5.74, 6) is 0. The summed E-state index contributed by atoms with van der Waals surface area (Å²) in [6, 6.07) is 5.95. The lowest BCUT2D eigenvalue weighted by molar-refractivity contribution is 0.225. The second kappa shape index (κ2) is 7.28. The largest absolute Gasteiger partial charge is 0.396 e. The van der Waals surface area contributed by atoms with Gasteiger partial charge in [0.05, 0.1) is 0 Å². The molecule has 2 nitrogen and oxygen atoms in total. The van der Waals surface area contributed by atoms with E-state index >= 15 is 0 Å². The van der Waals surface area contributed by atoms with E-state index in [1.807, 2.05) is 18.2 Å². The lowest BCUT2D eigenvalue weighted by atomic mass is 10.2. The highest BCUT2D eigenvalue weighted by atomic mass is 79.9. The quantitative estimate of drug-likeness (QED) is 0.871. The van der Waals surface area contributed by atoms with Crippen molar-refractivity contribution in [2.45, 2.75) is 19.9 Å². The minimum atomic E-state index is 0.241. The van der Waals surface area contributed by atoms with Gasteiger partial charge in [0.15, 0.2) is 0 Å². The van der Waals surface area contributed by atoms with Crippen molar-refractivity contribution in [3.63, 3.8) is 0 Å². The van der Waals surface area contributed by atoms with Gasteiger partial charge >= 0.3 is 0 Å². The van der Waals surface area contributed by atoms with Gasteiger partial charge in [-0.15, -0.1) is 0 Å². The zero-order chi connectivity index (χ0) is 12.0. The van der Waals surface area contributed by atoms with E-state index in [1.54, 1.807) is 0 Å². The van der Waals surface area contributed by atoms with Gasteiger partial charge in [-0.25, -0.2) is 0 Å². The fourth-order valence-corrected chi connectivity index (χ4v) is 2.27. The van der Waals surface area contributed by atoms with E-state index in [4.69, 9.17) is 16.7 Å². The Morgan fingerprint density at radius 1 is 1.44 bits per heavy atom. The second-order valence-corrected chi connectivity index (χ2v) is 5.00. The number of nitrogens with zero attached hydrogens (tertiary/aromatic N) is 1. The van der Waals surface area contributed by atoms with Crippen LogP contribution in [-0.2, 0) is 6.54 Å². The van der Waals surface area contributed by atoms with Crippen LogP contribution in [0, 0.1) is 0 Å². The Morgan fingerprint density at radius 3 is 2.75 bits per heavy atom. The van der Waals surface area contributed by atoms with Crippen LogP contribution < -0.4 is 0 Å². The minimum Gasteiger partial charge on any atom is -0.396 e. The molecule has 0 saturated heterocycles.